The predicted octanol–water partition coefficient (Wildman–Crippen LogP) is 0.431. The number of aliphatic hydroxyl groups is 1. The van der Waals surface area contributed by atoms with E-state index in [2.05, 4.69) is 15.6 Å². The highest BCUT2D eigenvalue weighted by Crippen LogP contribution is 2.28. The standard InChI is InChI=1S/C12H20N4O3/c1-7(8(2)17)16-11(9-5-4-6-13-9)10(14-15-16)12(18)19-3/h7-9,13,17H,4-6H2,1-3H3. The molecule has 0 aliphatic carbocycles. The van der Waals surface area contributed by atoms with E-state index in [1.165, 1.54) is 7.11 Å². The average Bonchev–Trinajstić information content (AvgIpc) is 3.04. The maximum absolute atomic E-state index is 11.8. The minimum atomic E-state index is -0.577. The first-order valence-corrected chi connectivity index (χ1v) is 6.51. The number of ether oxygens (including phenoxy) is 1. The molecular weight excluding hydrogens is 248 g/mol. The van der Waals surface area contributed by atoms with Crippen LogP contribution in [0.4, 0.5) is 0 Å². The van der Waals surface area contributed by atoms with Crippen LogP contribution in [-0.4, -0.2) is 45.8 Å². The first kappa shape index (κ1) is 14.0. The number of nitrogens with one attached hydrogen (secondary N) is 1. The zero-order valence-corrected chi connectivity index (χ0v) is 11.5. The van der Waals surface area contributed by atoms with E-state index in [0.717, 1.165) is 19.4 Å². The Morgan fingerprint density at radius 2 is 2.32 bits per heavy atom. The smallest absolute Gasteiger partial charge is 0.360 e. The molecule has 1 saturated heterocycles. The molecule has 3 unspecified atom stereocenters. The number of aromatic nitrogens is 3. The van der Waals surface area contributed by atoms with E-state index < -0.39 is 12.1 Å². The maximum atomic E-state index is 11.8. The lowest BCUT2D eigenvalue weighted by Gasteiger charge is -2.20. The fourth-order valence-electron chi connectivity index (χ4n) is 2.29. The van der Waals surface area contributed by atoms with Gasteiger partial charge < -0.3 is 15.2 Å². The molecule has 0 spiro atoms. The van der Waals surface area contributed by atoms with Crippen molar-refractivity contribution in [2.75, 3.05) is 13.7 Å². The van der Waals surface area contributed by atoms with Crippen LogP contribution in [0.5, 0.6) is 0 Å². The predicted molar refractivity (Wildman–Crippen MR) is 67.7 cm³/mol. The highest BCUT2D eigenvalue weighted by molar-refractivity contribution is 5.88. The van der Waals surface area contributed by atoms with Gasteiger partial charge in [-0.1, -0.05) is 5.21 Å². The van der Waals surface area contributed by atoms with Crippen molar-refractivity contribution in [1.82, 2.24) is 20.3 Å². The van der Waals surface area contributed by atoms with Crippen molar-refractivity contribution in [2.45, 2.75) is 44.9 Å². The Kier molecular flexibility index (Phi) is 4.16. The van der Waals surface area contributed by atoms with Crippen LogP contribution in [0.3, 0.4) is 0 Å². The molecule has 1 aromatic rings. The summed E-state index contributed by atoms with van der Waals surface area (Å²) in [5, 5.41) is 21.0. The number of rotatable bonds is 4. The second-order valence-electron chi connectivity index (χ2n) is 4.89. The van der Waals surface area contributed by atoms with Crippen molar-refractivity contribution in [3.63, 3.8) is 0 Å². The van der Waals surface area contributed by atoms with Crippen LogP contribution >= 0.6 is 0 Å². The number of nitrogens with zero attached hydrogens (tertiary/aromatic N) is 3. The first-order valence-electron chi connectivity index (χ1n) is 6.51. The van der Waals surface area contributed by atoms with E-state index in [-0.39, 0.29) is 17.8 Å². The molecule has 2 rings (SSSR count). The van der Waals surface area contributed by atoms with Gasteiger partial charge in [0.05, 0.1) is 31.0 Å². The summed E-state index contributed by atoms with van der Waals surface area (Å²) < 4.78 is 6.37. The third kappa shape index (κ3) is 2.62. The highest BCUT2D eigenvalue weighted by atomic mass is 16.5. The van der Waals surface area contributed by atoms with Crippen LogP contribution in [0.25, 0.3) is 0 Å². The lowest BCUT2D eigenvalue weighted by molar-refractivity contribution is 0.0591. The lowest BCUT2D eigenvalue weighted by atomic mass is 10.1. The van der Waals surface area contributed by atoms with Gasteiger partial charge in [0.2, 0.25) is 0 Å². The Labute approximate surface area is 111 Å². The van der Waals surface area contributed by atoms with Gasteiger partial charge in [0.25, 0.3) is 0 Å². The number of aliphatic hydroxyl groups excluding tert-OH is 1. The molecule has 1 aliphatic heterocycles. The molecular formula is C12H20N4O3. The zero-order chi connectivity index (χ0) is 14.0. The normalized spacial score (nSPS) is 22.2. The van der Waals surface area contributed by atoms with Crippen LogP contribution in [0.1, 0.15) is 55.0 Å². The van der Waals surface area contributed by atoms with Gasteiger partial charge in [0, 0.05) is 0 Å². The van der Waals surface area contributed by atoms with Gasteiger partial charge in [-0.05, 0) is 33.2 Å². The minimum Gasteiger partial charge on any atom is -0.464 e. The SMILES string of the molecule is COC(=O)c1nnn(C(C)C(C)O)c1C1CCCN1. The van der Waals surface area contributed by atoms with Crippen LogP contribution in [0.2, 0.25) is 0 Å². The molecule has 2 heterocycles. The van der Waals surface area contributed by atoms with Crippen molar-refractivity contribution in [3.8, 4) is 0 Å². The van der Waals surface area contributed by atoms with Crippen molar-refractivity contribution in [1.29, 1.82) is 0 Å². The summed E-state index contributed by atoms with van der Waals surface area (Å²) in [5.74, 6) is -0.493. The first-order chi connectivity index (χ1) is 9.06. The van der Waals surface area contributed by atoms with E-state index >= 15 is 0 Å². The molecule has 0 radical (unpaired) electrons. The summed E-state index contributed by atoms with van der Waals surface area (Å²) in [6, 6.07) is -0.214. The number of esters is 1. The van der Waals surface area contributed by atoms with Gasteiger partial charge in [-0.3, -0.25) is 0 Å². The van der Waals surface area contributed by atoms with Crippen molar-refractivity contribution in [2.24, 2.45) is 0 Å². The molecule has 3 atom stereocenters. The highest BCUT2D eigenvalue weighted by Gasteiger charge is 2.31. The van der Waals surface area contributed by atoms with Crippen LogP contribution in [0.15, 0.2) is 0 Å². The number of hydrogen-bond donors (Lipinski definition) is 2. The van der Waals surface area contributed by atoms with Crippen LogP contribution in [-0.2, 0) is 4.74 Å². The molecule has 2 N–H and O–H groups in total. The number of hydrogen-bond acceptors (Lipinski definition) is 6. The Balaban J connectivity index is 2.43. The van der Waals surface area contributed by atoms with Crippen LogP contribution in [0, 0.1) is 0 Å². The molecule has 7 heteroatoms. The number of carbonyl (C=O) groups is 1. The average molecular weight is 268 g/mol. The molecule has 0 amide bonds. The topological polar surface area (TPSA) is 89.3 Å². The molecule has 0 bridgehead atoms. The second kappa shape index (κ2) is 5.66. The van der Waals surface area contributed by atoms with Crippen molar-refractivity contribution >= 4 is 5.97 Å². The fourth-order valence-corrected chi connectivity index (χ4v) is 2.29. The maximum Gasteiger partial charge on any atom is 0.360 e. The largest absolute Gasteiger partial charge is 0.464 e. The minimum absolute atomic E-state index is 0.0327. The molecule has 106 valence electrons. The Hall–Kier alpha value is -1.47. The van der Waals surface area contributed by atoms with Crippen molar-refractivity contribution in [3.05, 3.63) is 11.4 Å². The van der Waals surface area contributed by atoms with E-state index in [9.17, 15) is 9.90 Å². The molecule has 0 aromatic carbocycles. The van der Waals surface area contributed by atoms with Gasteiger partial charge in [-0.15, -0.1) is 5.10 Å². The van der Waals surface area contributed by atoms with Crippen molar-refractivity contribution < 1.29 is 14.6 Å². The molecule has 7 nitrogen and oxygen atoms in total. The van der Waals surface area contributed by atoms with E-state index in [1.807, 2.05) is 6.92 Å². The molecule has 19 heavy (non-hydrogen) atoms. The van der Waals surface area contributed by atoms with Gasteiger partial charge in [-0.2, -0.15) is 0 Å². The van der Waals surface area contributed by atoms with E-state index in [0.29, 0.717) is 5.69 Å². The molecule has 1 aromatic heterocycles. The van der Waals surface area contributed by atoms with Gasteiger partial charge >= 0.3 is 5.97 Å². The molecule has 0 saturated carbocycles. The van der Waals surface area contributed by atoms with Gasteiger partial charge in [0.1, 0.15) is 0 Å². The summed E-state index contributed by atoms with van der Waals surface area (Å²) in [6.45, 7) is 4.44. The summed E-state index contributed by atoms with van der Waals surface area (Å²) in [5.41, 5.74) is 0.937. The third-order valence-electron chi connectivity index (χ3n) is 3.58. The monoisotopic (exact) mass is 268 g/mol. The second-order valence-corrected chi connectivity index (χ2v) is 4.89. The fraction of sp³-hybridized carbons (Fsp3) is 0.750. The lowest BCUT2D eigenvalue weighted by Crippen LogP contribution is -2.26. The van der Waals surface area contributed by atoms with Gasteiger partial charge in [0.15, 0.2) is 5.69 Å². The summed E-state index contributed by atoms with van der Waals surface area (Å²) in [4.78, 5) is 11.8. The van der Waals surface area contributed by atoms with Crippen LogP contribution < -0.4 is 5.32 Å². The quantitative estimate of drug-likeness (QED) is 0.770. The van der Waals surface area contributed by atoms with E-state index in [1.54, 1.807) is 11.6 Å². The zero-order valence-electron chi connectivity index (χ0n) is 11.5. The number of methoxy groups -OCH3 is 1. The molecule has 1 fully saturated rings. The van der Waals surface area contributed by atoms with Gasteiger partial charge in [-0.25, -0.2) is 9.48 Å². The Morgan fingerprint density at radius 3 is 2.84 bits per heavy atom. The summed E-state index contributed by atoms with van der Waals surface area (Å²) in [6.07, 6.45) is 1.39. The van der Waals surface area contributed by atoms with E-state index in [4.69, 9.17) is 4.74 Å². The number of carbonyl (C=O) groups excluding carboxylic acids is 1. The molecule has 1 aliphatic rings. The summed E-state index contributed by atoms with van der Waals surface area (Å²) in [7, 11) is 1.32. The summed E-state index contributed by atoms with van der Waals surface area (Å²) >= 11 is 0. The third-order valence-corrected chi connectivity index (χ3v) is 3.58. The Bertz CT molecular complexity index is 452. The Morgan fingerprint density at radius 1 is 1.58 bits per heavy atom.